The highest BCUT2D eigenvalue weighted by Gasteiger charge is 2.59. The van der Waals surface area contributed by atoms with Crippen LogP contribution in [0.3, 0.4) is 0 Å². The summed E-state index contributed by atoms with van der Waals surface area (Å²) in [6.07, 6.45) is 7.77. The predicted octanol–water partition coefficient (Wildman–Crippen LogP) is 1.97. The third-order valence-electron chi connectivity index (χ3n) is 4.68. The van der Waals surface area contributed by atoms with Crippen LogP contribution in [-0.2, 0) is 4.79 Å². The molecular formula is C14H23ClN2O. The minimum Gasteiger partial charge on any atom is -0.336 e. The van der Waals surface area contributed by atoms with Crippen molar-refractivity contribution < 1.29 is 4.79 Å². The monoisotopic (exact) mass is 270 g/mol. The Balaban J connectivity index is 0.00000120. The van der Waals surface area contributed by atoms with Crippen LogP contribution in [0.1, 0.15) is 32.1 Å². The Kier molecular flexibility index (Phi) is 4.02. The van der Waals surface area contributed by atoms with Gasteiger partial charge in [0.1, 0.15) is 0 Å². The molecular weight excluding hydrogens is 248 g/mol. The fourth-order valence-corrected chi connectivity index (χ4v) is 3.32. The van der Waals surface area contributed by atoms with Gasteiger partial charge in [-0.1, -0.05) is 6.08 Å². The Morgan fingerprint density at radius 1 is 1.39 bits per heavy atom. The summed E-state index contributed by atoms with van der Waals surface area (Å²) in [5, 5.41) is 3.39. The lowest BCUT2D eigenvalue weighted by atomic mass is 9.91. The molecule has 0 bridgehead atoms. The van der Waals surface area contributed by atoms with Crippen LogP contribution < -0.4 is 5.32 Å². The highest BCUT2D eigenvalue weighted by molar-refractivity contribution is 5.85. The van der Waals surface area contributed by atoms with Crippen molar-refractivity contribution in [2.24, 2.45) is 11.3 Å². The summed E-state index contributed by atoms with van der Waals surface area (Å²) in [6, 6.07) is 0.528. The number of nitrogens with zero attached hydrogens (tertiary/aromatic N) is 1. The standard InChI is InChI=1S/C14H22N2O.ClH/c1-2-9-16(11-3-4-11)13(17)12-10-14(12)5-7-15-8-6-14;/h2,11-12,15H,1,3-10H2;1H. The second kappa shape index (κ2) is 5.22. The van der Waals surface area contributed by atoms with E-state index >= 15 is 0 Å². The Bertz CT molecular complexity index is 335. The Morgan fingerprint density at radius 2 is 2.06 bits per heavy atom. The molecule has 2 saturated carbocycles. The SMILES string of the molecule is C=CCN(C(=O)C1CC12CCNCC2)C1CC1.Cl. The second-order valence-electron chi connectivity index (χ2n) is 5.88. The van der Waals surface area contributed by atoms with Crippen molar-refractivity contribution >= 4 is 18.3 Å². The largest absolute Gasteiger partial charge is 0.336 e. The highest BCUT2D eigenvalue weighted by Crippen LogP contribution is 2.59. The van der Waals surface area contributed by atoms with Crippen LogP contribution in [0.25, 0.3) is 0 Å². The maximum absolute atomic E-state index is 12.5. The minimum atomic E-state index is 0. The van der Waals surface area contributed by atoms with Gasteiger partial charge in [0.05, 0.1) is 0 Å². The van der Waals surface area contributed by atoms with E-state index in [1.807, 2.05) is 6.08 Å². The summed E-state index contributed by atoms with van der Waals surface area (Å²) < 4.78 is 0. The number of carbonyl (C=O) groups is 1. The fraction of sp³-hybridized carbons (Fsp3) is 0.786. The normalized spacial score (nSPS) is 28.3. The average Bonchev–Trinajstić information content (AvgIpc) is 3.23. The number of halogens is 1. The second-order valence-corrected chi connectivity index (χ2v) is 5.88. The van der Waals surface area contributed by atoms with E-state index in [0.717, 1.165) is 26.1 Å². The molecule has 0 aromatic carbocycles. The van der Waals surface area contributed by atoms with Crippen molar-refractivity contribution in [3.05, 3.63) is 12.7 Å². The van der Waals surface area contributed by atoms with Gasteiger partial charge in [-0.2, -0.15) is 0 Å². The van der Waals surface area contributed by atoms with Gasteiger partial charge in [0.2, 0.25) is 5.91 Å². The van der Waals surface area contributed by atoms with E-state index in [1.54, 1.807) is 0 Å². The van der Waals surface area contributed by atoms with E-state index < -0.39 is 0 Å². The van der Waals surface area contributed by atoms with Gasteiger partial charge >= 0.3 is 0 Å². The molecule has 3 aliphatic rings. The molecule has 0 aromatic rings. The van der Waals surface area contributed by atoms with Gasteiger partial charge in [-0.25, -0.2) is 0 Å². The van der Waals surface area contributed by atoms with Gasteiger partial charge in [-0.3, -0.25) is 4.79 Å². The lowest BCUT2D eigenvalue weighted by Gasteiger charge is -2.26. The molecule has 1 amide bonds. The van der Waals surface area contributed by atoms with Crippen LogP contribution in [-0.4, -0.2) is 36.5 Å². The molecule has 18 heavy (non-hydrogen) atoms. The number of hydrogen-bond acceptors (Lipinski definition) is 2. The van der Waals surface area contributed by atoms with E-state index in [4.69, 9.17) is 0 Å². The molecule has 4 heteroatoms. The lowest BCUT2D eigenvalue weighted by molar-refractivity contribution is -0.133. The Hall–Kier alpha value is -0.540. The van der Waals surface area contributed by atoms with Crippen LogP contribution in [0.2, 0.25) is 0 Å². The molecule has 1 saturated heterocycles. The maximum atomic E-state index is 12.5. The molecule has 0 aromatic heterocycles. The first kappa shape index (κ1) is 13.9. The van der Waals surface area contributed by atoms with Crippen molar-refractivity contribution in [1.82, 2.24) is 10.2 Å². The molecule has 0 radical (unpaired) electrons. The van der Waals surface area contributed by atoms with Gasteiger partial charge < -0.3 is 10.2 Å². The van der Waals surface area contributed by atoms with Gasteiger partial charge in [0.25, 0.3) is 0 Å². The maximum Gasteiger partial charge on any atom is 0.226 e. The number of amides is 1. The van der Waals surface area contributed by atoms with Crippen molar-refractivity contribution in [3.63, 3.8) is 0 Å². The first-order valence-corrected chi connectivity index (χ1v) is 6.89. The van der Waals surface area contributed by atoms with Gasteiger partial charge in [0.15, 0.2) is 0 Å². The zero-order chi connectivity index (χ0) is 11.9. The summed E-state index contributed by atoms with van der Waals surface area (Å²) in [5.74, 6) is 0.736. The number of hydrogen-bond donors (Lipinski definition) is 1. The topological polar surface area (TPSA) is 32.3 Å². The van der Waals surface area contributed by atoms with Crippen molar-refractivity contribution in [1.29, 1.82) is 0 Å². The lowest BCUT2D eigenvalue weighted by Crippen LogP contribution is -2.37. The zero-order valence-electron chi connectivity index (χ0n) is 10.9. The molecule has 3 nitrogen and oxygen atoms in total. The van der Waals surface area contributed by atoms with E-state index in [2.05, 4.69) is 16.8 Å². The summed E-state index contributed by atoms with van der Waals surface area (Å²) >= 11 is 0. The van der Waals surface area contributed by atoms with Crippen molar-refractivity contribution in [2.75, 3.05) is 19.6 Å². The number of rotatable bonds is 4. The van der Waals surface area contributed by atoms with Crippen molar-refractivity contribution in [3.8, 4) is 0 Å². The molecule has 1 unspecified atom stereocenters. The van der Waals surface area contributed by atoms with Crippen LogP contribution in [0, 0.1) is 11.3 Å². The molecule has 1 heterocycles. The van der Waals surface area contributed by atoms with Gasteiger partial charge in [-0.05, 0) is 50.6 Å². The number of piperidine rings is 1. The van der Waals surface area contributed by atoms with Crippen LogP contribution in [0.15, 0.2) is 12.7 Å². The zero-order valence-corrected chi connectivity index (χ0v) is 11.7. The average molecular weight is 271 g/mol. The molecule has 3 rings (SSSR count). The van der Waals surface area contributed by atoms with Gasteiger partial charge in [0, 0.05) is 18.5 Å². The molecule has 2 aliphatic carbocycles. The van der Waals surface area contributed by atoms with E-state index in [-0.39, 0.29) is 12.4 Å². The van der Waals surface area contributed by atoms with Crippen molar-refractivity contribution in [2.45, 2.75) is 38.1 Å². The smallest absolute Gasteiger partial charge is 0.226 e. The highest BCUT2D eigenvalue weighted by atomic mass is 35.5. The number of nitrogens with one attached hydrogen (secondary N) is 1. The quantitative estimate of drug-likeness (QED) is 0.793. The first-order chi connectivity index (χ1) is 8.27. The van der Waals surface area contributed by atoms with E-state index in [9.17, 15) is 4.79 Å². The Morgan fingerprint density at radius 3 is 2.61 bits per heavy atom. The summed E-state index contributed by atoms with van der Waals surface area (Å²) in [6.45, 7) is 6.70. The van der Waals surface area contributed by atoms with E-state index in [0.29, 0.717) is 23.3 Å². The number of carbonyl (C=O) groups excluding carboxylic acids is 1. The van der Waals surface area contributed by atoms with Crippen LogP contribution in [0.4, 0.5) is 0 Å². The molecule has 1 aliphatic heterocycles. The fourth-order valence-electron chi connectivity index (χ4n) is 3.32. The molecule has 3 fully saturated rings. The Labute approximate surface area is 115 Å². The predicted molar refractivity (Wildman–Crippen MR) is 74.8 cm³/mol. The van der Waals surface area contributed by atoms with Gasteiger partial charge in [-0.15, -0.1) is 19.0 Å². The molecule has 1 atom stereocenters. The molecule has 1 N–H and O–H groups in total. The molecule has 102 valence electrons. The van der Waals surface area contributed by atoms with Crippen LogP contribution >= 0.6 is 12.4 Å². The van der Waals surface area contributed by atoms with E-state index in [1.165, 1.54) is 25.7 Å². The summed E-state index contributed by atoms with van der Waals surface area (Å²) in [7, 11) is 0. The third-order valence-corrected chi connectivity index (χ3v) is 4.68. The minimum absolute atomic E-state index is 0. The third kappa shape index (κ3) is 2.43. The summed E-state index contributed by atoms with van der Waals surface area (Å²) in [4.78, 5) is 14.6. The molecule has 1 spiro atoms. The first-order valence-electron chi connectivity index (χ1n) is 6.89. The van der Waals surface area contributed by atoms with Crippen LogP contribution in [0.5, 0.6) is 0 Å². The summed E-state index contributed by atoms with van der Waals surface area (Å²) in [5.41, 5.74) is 0.372.